The van der Waals surface area contributed by atoms with Crippen molar-refractivity contribution in [3.63, 3.8) is 0 Å². The van der Waals surface area contributed by atoms with Crippen LogP contribution in [0.15, 0.2) is 22.8 Å². The first kappa shape index (κ1) is 9.60. The Hall–Kier alpha value is -0.610. The molecule has 2 bridgehead atoms. The molecular formula is C11H14BrN3. The normalized spacial score (nSPS) is 29.5. The highest BCUT2D eigenvalue weighted by molar-refractivity contribution is 9.10. The Morgan fingerprint density at radius 3 is 2.60 bits per heavy atom. The summed E-state index contributed by atoms with van der Waals surface area (Å²) in [7, 11) is 0. The molecule has 2 fully saturated rings. The maximum Gasteiger partial charge on any atom is 0.129 e. The Morgan fingerprint density at radius 2 is 2.00 bits per heavy atom. The number of rotatable bonds is 1. The van der Waals surface area contributed by atoms with Crippen molar-refractivity contribution in [2.45, 2.75) is 24.9 Å². The van der Waals surface area contributed by atoms with Crippen molar-refractivity contribution < 1.29 is 0 Å². The van der Waals surface area contributed by atoms with Crippen molar-refractivity contribution in [1.82, 2.24) is 10.3 Å². The minimum Gasteiger partial charge on any atom is -0.348 e. The highest BCUT2D eigenvalue weighted by atomic mass is 79.9. The van der Waals surface area contributed by atoms with E-state index in [0.29, 0.717) is 12.1 Å². The average molecular weight is 268 g/mol. The molecule has 0 aromatic carbocycles. The van der Waals surface area contributed by atoms with E-state index in [2.05, 4.69) is 43.3 Å². The molecule has 0 radical (unpaired) electrons. The van der Waals surface area contributed by atoms with Gasteiger partial charge in [-0.1, -0.05) is 0 Å². The first-order valence-electron chi connectivity index (χ1n) is 5.45. The lowest BCUT2D eigenvalue weighted by Gasteiger charge is -2.36. The van der Waals surface area contributed by atoms with Crippen LogP contribution in [0.4, 0.5) is 5.82 Å². The molecular weight excluding hydrogens is 254 g/mol. The van der Waals surface area contributed by atoms with Crippen LogP contribution in [0, 0.1) is 0 Å². The van der Waals surface area contributed by atoms with Gasteiger partial charge in [0.2, 0.25) is 0 Å². The van der Waals surface area contributed by atoms with E-state index >= 15 is 0 Å². The van der Waals surface area contributed by atoms with Crippen LogP contribution in [0.3, 0.4) is 0 Å². The number of anilines is 1. The quantitative estimate of drug-likeness (QED) is 0.841. The van der Waals surface area contributed by atoms with Gasteiger partial charge in [-0.15, -0.1) is 0 Å². The Balaban J connectivity index is 1.90. The van der Waals surface area contributed by atoms with Crippen molar-refractivity contribution >= 4 is 21.7 Å². The molecule has 3 heterocycles. The van der Waals surface area contributed by atoms with Gasteiger partial charge >= 0.3 is 0 Å². The van der Waals surface area contributed by atoms with Crippen LogP contribution >= 0.6 is 15.9 Å². The second-order valence-corrected chi connectivity index (χ2v) is 5.20. The molecule has 15 heavy (non-hydrogen) atoms. The Kier molecular flexibility index (Phi) is 2.41. The predicted molar refractivity (Wildman–Crippen MR) is 64.1 cm³/mol. The molecule has 0 saturated carbocycles. The smallest absolute Gasteiger partial charge is 0.129 e. The maximum absolute atomic E-state index is 4.49. The van der Waals surface area contributed by atoms with E-state index in [0.717, 1.165) is 23.4 Å². The Labute approximate surface area is 98.0 Å². The number of piperazine rings is 1. The zero-order valence-corrected chi connectivity index (χ0v) is 10.1. The second kappa shape index (κ2) is 3.76. The first-order chi connectivity index (χ1) is 7.34. The number of pyridine rings is 1. The molecule has 1 aromatic heterocycles. The van der Waals surface area contributed by atoms with E-state index in [-0.39, 0.29) is 0 Å². The summed E-state index contributed by atoms with van der Waals surface area (Å²) in [5, 5.41) is 3.48. The van der Waals surface area contributed by atoms with Gasteiger partial charge in [0.05, 0.1) is 0 Å². The molecule has 0 spiro atoms. The van der Waals surface area contributed by atoms with Crippen LogP contribution in [-0.2, 0) is 0 Å². The third-order valence-corrected chi connectivity index (χ3v) is 3.83. The summed E-state index contributed by atoms with van der Waals surface area (Å²) in [6.45, 7) is 2.21. The van der Waals surface area contributed by atoms with E-state index in [1.165, 1.54) is 12.8 Å². The number of nitrogens with one attached hydrogen (secondary N) is 1. The third kappa shape index (κ3) is 1.66. The van der Waals surface area contributed by atoms with E-state index in [9.17, 15) is 0 Å². The Morgan fingerprint density at radius 1 is 1.27 bits per heavy atom. The van der Waals surface area contributed by atoms with Crippen LogP contribution in [0.1, 0.15) is 12.8 Å². The lowest BCUT2D eigenvalue weighted by atomic mass is 10.2. The first-order valence-corrected chi connectivity index (χ1v) is 6.24. The molecule has 2 aliphatic rings. The number of aromatic nitrogens is 1. The molecule has 1 N–H and O–H groups in total. The molecule has 0 amide bonds. The summed E-state index contributed by atoms with van der Waals surface area (Å²) in [6, 6.07) is 5.49. The molecule has 3 nitrogen and oxygen atoms in total. The zero-order chi connectivity index (χ0) is 10.3. The molecule has 80 valence electrons. The average Bonchev–Trinajstić information content (AvgIpc) is 2.51. The summed E-state index contributed by atoms with van der Waals surface area (Å²) in [5.74, 6) is 1.13. The SMILES string of the molecule is Brc1ccc(N2[C@@H]3CC[C@H]2CNC3)nc1. The van der Waals surface area contributed by atoms with Gasteiger partial charge in [0.15, 0.2) is 0 Å². The molecule has 1 aromatic rings. The van der Waals surface area contributed by atoms with Crippen LogP contribution < -0.4 is 10.2 Å². The van der Waals surface area contributed by atoms with E-state index < -0.39 is 0 Å². The van der Waals surface area contributed by atoms with Gasteiger partial charge in [-0.3, -0.25) is 0 Å². The monoisotopic (exact) mass is 267 g/mol. The minimum absolute atomic E-state index is 0.650. The number of nitrogens with zero attached hydrogens (tertiary/aromatic N) is 2. The third-order valence-electron chi connectivity index (χ3n) is 3.36. The van der Waals surface area contributed by atoms with Crippen LogP contribution in [0.2, 0.25) is 0 Å². The van der Waals surface area contributed by atoms with Crippen molar-refractivity contribution in [3.8, 4) is 0 Å². The van der Waals surface area contributed by atoms with E-state index in [1.807, 2.05) is 6.20 Å². The van der Waals surface area contributed by atoms with Crippen LogP contribution in [0.25, 0.3) is 0 Å². The van der Waals surface area contributed by atoms with Gasteiger partial charge < -0.3 is 10.2 Å². The van der Waals surface area contributed by atoms with E-state index in [4.69, 9.17) is 0 Å². The largest absolute Gasteiger partial charge is 0.348 e. The highest BCUT2D eigenvalue weighted by Gasteiger charge is 2.36. The summed E-state index contributed by atoms with van der Waals surface area (Å²) in [4.78, 5) is 6.98. The summed E-state index contributed by atoms with van der Waals surface area (Å²) in [6.07, 6.45) is 4.49. The predicted octanol–water partition coefficient (Wildman–Crippen LogP) is 1.78. The number of fused-ring (bicyclic) bond motifs is 2. The second-order valence-electron chi connectivity index (χ2n) is 4.29. The van der Waals surface area contributed by atoms with Gasteiger partial charge in [-0.2, -0.15) is 0 Å². The highest BCUT2D eigenvalue weighted by Crippen LogP contribution is 2.31. The van der Waals surface area contributed by atoms with Crippen molar-refractivity contribution in [3.05, 3.63) is 22.8 Å². The molecule has 0 unspecified atom stereocenters. The fourth-order valence-electron chi connectivity index (χ4n) is 2.67. The molecule has 4 heteroatoms. The van der Waals surface area contributed by atoms with Gasteiger partial charge in [-0.25, -0.2) is 4.98 Å². The fraction of sp³-hybridized carbons (Fsp3) is 0.545. The summed E-state index contributed by atoms with van der Waals surface area (Å²) in [5.41, 5.74) is 0. The van der Waals surface area contributed by atoms with Crippen molar-refractivity contribution in [2.24, 2.45) is 0 Å². The molecule has 3 rings (SSSR count). The fourth-order valence-corrected chi connectivity index (χ4v) is 2.91. The standard InChI is InChI=1S/C11H14BrN3/c12-8-1-4-11(14-5-8)15-9-2-3-10(15)7-13-6-9/h1,4-5,9-10,13H,2-3,6-7H2/t9-,10+. The van der Waals surface area contributed by atoms with E-state index in [1.54, 1.807) is 0 Å². The van der Waals surface area contributed by atoms with Crippen molar-refractivity contribution in [2.75, 3.05) is 18.0 Å². The van der Waals surface area contributed by atoms with Gasteiger partial charge in [0.25, 0.3) is 0 Å². The Bertz CT molecular complexity index is 335. The molecule has 2 saturated heterocycles. The molecule has 0 aliphatic carbocycles. The van der Waals surface area contributed by atoms with Crippen LogP contribution in [0.5, 0.6) is 0 Å². The number of hydrogen-bond acceptors (Lipinski definition) is 3. The van der Waals surface area contributed by atoms with Gasteiger partial charge in [0, 0.05) is 35.8 Å². The number of hydrogen-bond donors (Lipinski definition) is 1. The van der Waals surface area contributed by atoms with Gasteiger partial charge in [-0.05, 0) is 40.9 Å². The molecule has 2 atom stereocenters. The lowest BCUT2D eigenvalue weighted by Crippen LogP contribution is -2.52. The topological polar surface area (TPSA) is 28.2 Å². The van der Waals surface area contributed by atoms with Crippen molar-refractivity contribution in [1.29, 1.82) is 0 Å². The van der Waals surface area contributed by atoms with Crippen LogP contribution in [-0.4, -0.2) is 30.2 Å². The summed E-state index contributed by atoms with van der Waals surface area (Å²) < 4.78 is 1.05. The van der Waals surface area contributed by atoms with Gasteiger partial charge in [0.1, 0.15) is 5.82 Å². The zero-order valence-electron chi connectivity index (χ0n) is 8.49. The maximum atomic E-state index is 4.49. The molecule has 2 aliphatic heterocycles. The lowest BCUT2D eigenvalue weighted by molar-refractivity contribution is 0.481. The summed E-state index contributed by atoms with van der Waals surface area (Å²) >= 11 is 3.42. The number of halogens is 1. The minimum atomic E-state index is 0.650.